The Hall–Kier alpha value is -1.96. The van der Waals surface area contributed by atoms with Gasteiger partial charge in [-0.25, -0.2) is 0 Å². The van der Waals surface area contributed by atoms with Crippen LogP contribution in [-0.2, 0) is 0 Å². The molecule has 4 N–H and O–H groups in total. The fourth-order valence-electron chi connectivity index (χ4n) is 1.61. The van der Waals surface area contributed by atoms with Gasteiger partial charge in [0.25, 0.3) is 0 Å². The number of nitrogen functional groups attached to an aromatic ring is 2. The summed E-state index contributed by atoms with van der Waals surface area (Å²) in [7, 11) is 0. The summed E-state index contributed by atoms with van der Waals surface area (Å²) < 4.78 is 0. The van der Waals surface area contributed by atoms with Gasteiger partial charge in [-0.1, -0.05) is 24.3 Å². The quantitative estimate of drug-likeness (QED) is 0.692. The fourth-order valence-corrected chi connectivity index (χ4v) is 1.61. The van der Waals surface area contributed by atoms with E-state index in [1.165, 1.54) is 5.56 Å². The van der Waals surface area contributed by atoms with Crippen LogP contribution in [0.25, 0.3) is 11.1 Å². The minimum atomic E-state index is 0.768. The molecule has 2 aromatic carbocycles. The largest absolute Gasteiger partial charge is 0.399 e. The van der Waals surface area contributed by atoms with Gasteiger partial charge in [-0.15, -0.1) is 0 Å². The van der Waals surface area contributed by atoms with Gasteiger partial charge in [0.05, 0.1) is 0 Å². The van der Waals surface area contributed by atoms with E-state index in [2.05, 4.69) is 6.07 Å². The molecule has 0 aliphatic heterocycles. The highest BCUT2D eigenvalue weighted by Crippen LogP contribution is 2.27. The molecule has 2 rings (SSSR count). The maximum absolute atomic E-state index is 5.96. The second-order valence-corrected chi connectivity index (χ2v) is 3.71. The van der Waals surface area contributed by atoms with E-state index < -0.39 is 0 Å². The zero-order chi connectivity index (χ0) is 10.8. The van der Waals surface area contributed by atoms with E-state index in [1.54, 1.807) is 0 Å². The van der Waals surface area contributed by atoms with E-state index in [4.69, 9.17) is 11.5 Å². The normalized spacial score (nSPS) is 10.2. The summed E-state index contributed by atoms with van der Waals surface area (Å²) in [5.74, 6) is 0. The number of anilines is 2. The lowest BCUT2D eigenvalue weighted by atomic mass is 10.0. The minimum Gasteiger partial charge on any atom is -0.399 e. The zero-order valence-electron chi connectivity index (χ0n) is 8.70. The molecular formula is C13H14N2. The first-order chi connectivity index (χ1) is 7.16. The van der Waals surface area contributed by atoms with Crippen LogP contribution in [0.3, 0.4) is 0 Å². The van der Waals surface area contributed by atoms with Crippen LogP contribution in [0, 0.1) is 6.92 Å². The SMILES string of the molecule is Cc1ccc(-c2ccc(N)cc2)c(N)c1. The Morgan fingerprint density at radius 2 is 1.53 bits per heavy atom. The molecule has 0 aliphatic carbocycles. The van der Waals surface area contributed by atoms with Crippen molar-refractivity contribution < 1.29 is 0 Å². The number of nitrogens with two attached hydrogens (primary N) is 2. The second kappa shape index (κ2) is 3.65. The van der Waals surface area contributed by atoms with Crippen LogP contribution >= 0.6 is 0 Å². The van der Waals surface area contributed by atoms with Crippen LogP contribution in [-0.4, -0.2) is 0 Å². The Bertz CT molecular complexity index is 472. The third kappa shape index (κ3) is 1.94. The van der Waals surface area contributed by atoms with Crippen molar-refractivity contribution in [3.63, 3.8) is 0 Å². The first-order valence-corrected chi connectivity index (χ1v) is 4.89. The molecule has 0 amide bonds. The number of rotatable bonds is 1. The topological polar surface area (TPSA) is 52.0 Å². The fraction of sp³-hybridized carbons (Fsp3) is 0.0769. The molecule has 0 aromatic heterocycles. The molecule has 0 bridgehead atoms. The summed E-state index contributed by atoms with van der Waals surface area (Å²) in [6.07, 6.45) is 0. The van der Waals surface area contributed by atoms with Gasteiger partial charge in [0.15, 0.2) is 0 Å². The Morgan fingerprint density at radius 3 is 2.13 bits per heavy atom. The van der Waals surface area contributed by atoms with Gasteiger partial charge >= 0.3 is 0 Å². The van der Waals surface area contributed by atoms with Crippen LogP contribution in [0.2, 0.25) is 0 Å². The molecule has 0 saturated carbocycles. The summed E-state index contributed by atoms with van der Waals surface area (Å²) in [6, 6.07) is 13.8. The number of hydrogen-bond donors (Lipinski definition) is 2. The first-order valence-electron chi connectivity index (χ1n) is 4.89. The third-order valence-electron chi connectivity index (χ3n) is 2.43. The second-order valence-electron chi connectivity index (χ2n) is 3.71. The average molecular weight is 198 g/mol. The van der Waals surface area contributed by atoms with E-state index in [1.807, 2.05) is 43.3 Å². The lowest BCUT2D eigenvalue weighted by molar-refractivity contribution is 1.47. The van der Waals surface area contributed by atoms with E-state index in [9.17, 15) is 0 Å². The van der Waals surface area contributed by atoms with E-state index >= 15 is 0 Å². The first kappa shape index (κ1) is 9.59. The predicted molar refractivity (Wildman–Crippen MR) is 65.4 cm³/mol. The minimum absolute atomic E-state index is 0.768. The molecule has 0 radical (unpaired) electrons. The van der Waals surface area contributed by atoms with Crippen molar-refractivity contribution in [3.05, 3.63) is 48.0 Å². The van der Waals surface area contributed by atoms with Gasteiger partial charge in [0.2, 0.25) is 0 Å². The summed E-state index contributed by atoms with van der Waals surface area (Å²) >= 11 is 0. The monoisotopic (exact) mass is 198 g/mol. The molecule has 76 valence electrons. The number of benzene rings is 2. The lowest BCUT2D eigenvalue weighted by Gasteiger charge is -2.07. The van der Waals surface area contributed by atoms with Crippen molar-refractivity contribution in [1.29, 1.82) is 0 Å². The molecule has 0 heterocycles. The van der Waals surface area contributed by atoms with Crippen molar-refractivity contribution in [2.75, 3.05) is 11.5 Å². The summed E-state index contributed by atoms with van der Waals surface area (Å²) in [5.41, 5.74) is 16.5. The third-order valence-corrected chi connectivity index (χ3v) is 2.43. The van der Waals surface area contributed by atoms with Crippen LogP contribution in [0.4, 0.5) is 11.4 Å². The maximum Gasteiger partial charge on any atom is 0.0396 e. The Morgan fingerprint density at radius 1 is 0.867 bits per heavy atom. The van der Waals surface area contributed by atoms with Crippen molar-refractivity contribution >= 4 is 11.4 Å². The Kier molecular flexibility index (Phi) is 2.34. The van der Waals surface area contributed by atoms with Gasteiger partial charge < -0.3 is 11.5 Å². The molecule has 0 saturated heterocycles. The zero-order valence-corrected chi connectivity index (χ0v) is 8.70. The van der Waals surface area contributed by atoms with Crippen LogP contribution < -0.4 is 11.5 Å². The Labute approximate surface area is 89.5 Å². The summed E-state index contributed by atoms with van der Waals surface area (Å²) in [4.78, 5) is 0. The van der Waals surface area contributed by atoms with Crippen molar-refractivity contribution in [3.8, 4) is 11.1 Å². The van der Waals surface area contributed by atoms with Crippen molar-refractivity contribution in [1.82, 2.24) is 0 Å². The molecule has 0 spiro atoms. The molecule has 2 nitrogen and oxygen atoms in total. The molecule has 0 aliphatic rings. The highest BCUT2D eigenvalue weighted by molar-refractivity contribution is 5.77. The van der Waals surface area contributed by atoms with Crippen LogP contribution in [0.15, 0.2) is 42.5 Å². The van der Waals surface area contributed by atoms with E-state index in [0.717, 1.165) is 22.5 Å². The van der Waals surface area contributed by atoms with Crippen LogP contribution in [0.1, 0.15) is 5.56 Å². The molecule has 2 aromatic rings. The summed E-state index contributed by atoms with van der Waals surface area (Å²) in [6.45, 7) is 2.03. The average Bonchev–Trinajstić information content (AvgIpc) is 2.20. The molecule has 0 atom stereocenters. The van der Waals surface area contributed by atoms with Gasteiger partial charge in [0, 0.05) is 16.9 Å². The Balaban J connectivity index is 2.49. The standard InChI is InChI=1S/C13H14N2/c1-9-2-7-12(13(15)8-9)10-3-5-11(14)6-4-10/h2-8H,14-15H2,1H3. The predicted octanol–water partition coefficient (Wildman–Crippen LogP) is 2.83. The maximum atomic E-state index is 5.96. The van der Waals surface area contributed by atoms with Crippen molar-refractivity contribution in [2.24, 2.45) is 0 Å². The summed E-state index contributed by atoms with van der Waals surface area (Å²) in [5, 5.41) is 0. The molecule has 2 heteroatoms. The van der Waals surface area contributed by atoms with Gasteiger partial charge in [0.1, 0.15) is 0 Å². The van der Waals surface area contributed by atoms with Crippen molar-refractivity contribution in [2.45, 2.75) is 6.92 Å². The number of hydrogen-bond acceptors (Lipinski definition) is 2. The molecule has 0 fully saturated rings. The highest BCUT2D eigenvalue weighted by atomic mass is 14.6. The molecule has 15 heavy (non-hydrogen) atoms. The number of aryl methyl sites for hydroxylation is 1. The van der Waals surface area contributed by atoms with Gasteiger partial charge in [-0.2, -0.15) is 0 Å². The van der Waals surface area contributed by atoms with E-state index in [0.29, 0.717) is 0 Å². The van der Waals surface area contributed by atoms with Crippen LogP contribution in [0.5, 0.6) is 0 Å². The van der Waals surface area contributed by atoms with Gasteiger partial charge in [-0.05, 0) is 36.2 Å². The van der Waals surface area contributed by atoms with Gasteiger partial charge in [-0.3, -0.25) is 0 Å². The molecule has 0 unspecified atom stereocenters. The lowest BCUT2D eigenvalue weighted by Crippen LogP contribution is -1.91. The molecular weight excluding hydrogens is 184 g/mol. The highest BCUT2D eigenvalue weighted by Gasteiger charge is 2.01. The smallest absolute Gasteiger partial charge is 0.0396 e. The van der Waals surface area contributed by atoms with E-state index in [-0.39, 0.29) is 0 Å².